The summed E-state index contributed by atoms with van der Waals surface area (Å²) in [6.07, 6.45) is 10.6. The van der Waals surface area contributed by atoms with Gasteiger partial charge in [-0.05, 0) is 108 Å². The van der Waals surface area contributed by atoms with Crippen molar-refractivity contribution in [2.24, 2.45) is 17.8 Å². The molecule has 0 spiro atoms. The number of ether oxygens (including phenoxy) is 1. The molecule has 1 aromatic heterocycles. The van der Waals surface area contributed by atoms with Crippen LogP contribution in [0, 0.1) is 21.3 Å². The third-order valence-corrected chi connectivity index (χ3v) is 10.4. The van der Waals surface area contributed by atoms with E-state index in [1.165, 1.54) is 12.0 Å². The van der Waals surface area contributed by atoms with E-state index in [1.807, 2.05) is 30.3 Å². The predicted octanol–water partition coefficient (Wildman–Crippen LogP) is 6.12. The summed E-state index contributed by atoms with van der Waals surface area (Å²) in [5.41, 5.74) is 4.25. The number of hydrogen-bond donors (Lipinski definition) is 3. The number of phenols is 1. The van der Waals surface area contributed by atoms with Crippen molar-refractivity contribution in [1.82, 2.24) is 9.88 Å². The fraction of sp³-hybridized carbons (Fsp3) is 0.514. The highest BCUT2D eigenvalue weighted by molar-refractivity contribution is 14.1. The standard InChI is InChI=1S/C35H43IN2O6/c1-3-9-23-19-25-32(35(43)38(34(25)42)24-10-5-4-6-11-24)26(20-39)31(23)29(40)14-13-22(28-12-7-8-15-37-28)16-21-17-27(36)33(41)30(18-21)44-2/h7-8,12,15-18,24-26,29,32,39-41H,3-6,9-11,13-14,19-20H2,1-2H3/b22-16-/t25-,26+,29-,32-/m1/s1. The average molecular weight is 715 g/mol. The Hall–Kier alpha value is -2.76. The second-order valence-electron chi connectivity index (χ2n) is 12.3. The SMILES string of the molecule is CCCC1=C([C@H](O)CC/C(=C/c2cc(I)c(O)c(OC)c2)c2ccccn2)[C@H](CO)[C@@H]2C(=O)N(C3CCCCC3)C(=O)[C@@H]2C1. The monoisotopic (exact) mass is 714 g/mol. The first kappa shape index (κ1) is 32.6. The summed E-state index contributed by atoms with van der Waals surface area (Å²) in [4.78, 5) is 33.6. The zero-order valence-corrected chi connectivity index (χ0v) is 27.7. The summed E-state index contributed by atoms with van der Waals surface area (Å²) in [7, 11) is 1.51. The minimum absolute atomic E-state index is 0.0515. The highest BCUT2D eigenvalue weighted by atomic mass is 127. The number of carbonyl (C=O) groups excluding carboxylic acids is 2. The van der Waals surface area contributed by atoms with Crippen LogP contribution in [-0.2, 0) is 9.59 Å². The van der Waals surface area contributed by atoms with Gasteiger partial charge in [0.05, 0.1) is 40.9 Å². The van der Waals surface area contributed by atoms with Crippen molar-refractivity contribution in [2.75, 3.05) is 13.7 Å². The van der Waals surface area contributed by atoms with Gasteiger partial charge in [-0.1, -0.05) is 44.2 Å². The van der Waals surface area contributed by atoms with Gasteiger partial charge in [-0.2, -0.15) is 0 Å². The third kappa shape index (κ3) is 6.60. The highest BCUT2D eigenvalue weighted by Crippen LogP contribution is 2.48. The van der Waals surface area contributed by atoms with Crippen LogP contribution in [0.4, 0.5) is 0 Å². The molecule has 1 saturated heterocycles. The molecule has 0 bridgehead atoms. The van der Waals surface area contributed by atoms with Gasteiger partial charge < -0.3 is 20.1 Å². The second-order valence-corrected chi connectivity index (χ2v) is 13.4. The van der Waals surface area contributed by atoms with Gasteiger partial charge in [-0.3, -0.25) is 19.5 Å². The highest BCUT2D eigenvalue weighted by Gasteiger charge is 2.56. The lowest BCUT2D eigenvalue weighted by Crippen LogP contribution is -2.42. The molecule has 2 aliphatic carbocycles. The van der Waals surface area contributed by atoms with E-state index in [2.05, 4.69) is 34.5 Å². The Morgan fingerprint density at radius 1 is 1.18 bits per heavy atom. The van der Waals surface area contributed by atoms with Crippen molar-refractivity contribution in [3.05, 3.63) is 62.5 Å². The lowest BCUT2D eigenvalue weighted by atomic mass is 9.67. The first-order valence-electron chi connectivity index (χ1n) is 15.8. The number of allylic oxidation sites excluding steroid dienone is 2. The van der Waals surface area contributed by atoms with Crippen LogP contribution < -0.4 is 4.74 Å². The van der Waals surface area contributed by atoms with Gasteiger partial charge in [0.1, 0.15) is 0 Å². The van der Waals surface area contributed by atoms with Crippen molar-refractivity contribution in [1.29, 1.82) is 0 Å². The molecule has 3 aliphatic rings. The Labute approximate surface area is 273 Å². The molecule has 1 aromatic carbocycles. The van der Waals surface area contributed by atoms with Crippen molar-refractivity contribution >= 4 is 46.1 Å². The molecule has 2 amide bonds. The quantitative estimate of drug-likeness (QED) is 0.146. The number of likely N-dealkylation sites (tertiary alicyclic amines) is 1. The summed E-state index contributed by atoms with van der Waals surface area (Å²) < 4.78 is 6.02. The maximum absolute atomic E-state index is 13.9. The van der Waals surface area contributed by atoms with Crippen LogP contribution >= 0.6 is 22.6 Å². The van der Waals surface area contributed by atoms with E-state index >= 15 is 0 Å². The van der Waals surface area contributed by atoms with E-state index in [0.29, 0.717) is 35.0 Å². The Morgan fingerprint density at radius 3 is 2.61 bits per heavy atom. The number of pyridine rings is 1. The first-order chi connectivity index (χ1) is 21.3. The Morgan fingerprint density at radius 2 is 1.95 bits per heavy atom. The number of halogens is 1. The molecule has 5 rings (SSSR count). The fourth-order valence-electron chi connectivity index (χ4n) is 7.53. The van der Waals surface area contributed by atoms with Crippen molar-refractivity contribution < 1.29 is 29.6 Å². The van der Waals surface area contributed by atoms with E-state index in [-0.39, 0.29) is 30.2 Å². The Bertz CT molecular complexity index is 1420. The number of aliphatic hydroxyl groups excluding tert-OH is 2. The van der Waals surface area contributed by atoms with Gasteiger partial charge in [0.15, 0.2) is 11.5 Å². The number of aromatic hydroxyl groups is 1. The van der Waals surface area contributed by atoms with Crippen LogP contribution in [0.1, 0.15) is 82.4 Å². The fourth-order valence-corrected chi connectivity index (χ4v) is 8.16. The van der Waals surface area contributed by atoms with Crippen LogP contribution in [0.25, 0.3) is 11.6 Å². The summed E-state index contributed by atoms with van der Waals surface area (Å²) in [6, 6.07) is 9.27. The normalized spacial score (nSPS) is 23.7. The third-order valence-electron chi connectivity index (χ3n) is 9.56. The molecule has 0 unspecified atom stereocenters. The Kier molecular flexibility index (Phi) is 10.8. The van der Waals surface area contributed by atoms with Crippen LogP contribution in [0.3, 0.4) is 0 Å². The van der Waals surface area contributed by atoms with Crippen LogP contribution in [0.15, 0.2) is 47.7 Å². The van der Waals surface area contributed by atoms with E-state index < -0.39 is 23.9 Å². The van der Waals surface area contributed by atoms with Crippen LogP contribution in [-0.4, -0.2) is 62.9 Å². The van der Waals surface area contributed by atoms with Crippen LogP contribution in [0.5, 0.6) is 11.5 Å². The van der Waals surface area contributed by atoms with Gasteiger partial charge in [0.25, 0.3) is 0 Å². The number of carbonyl (C=O) groups is 2. The molecule has 2 heterocycles. The Balaban J connectivity index is 1.44. The maximum Gasteiger partial charge on any atom is 0.234 e. The van der Waals surface area contributed by atoms with Gasteiger partial charge in [-0.25, -0.2) is 0 Å². The molecule has 2 aromatic rings. The number of benzene rings is 1. The van der Waals surface area contributed by atoms with E-state index in [0.717, 1.165) is 66.5 Å². The van der Waals surface area contributed by atoms with Crippen molar-refractivity contribution in [2.45, 2.75) is 83.3 Å². The number of fused-ring (bicyclic) bond motifs is 1. The predicted molar refractivity (Wildman–Crippen MR) is 178 cm³/mol. The number of hydrogen-bond acceptors (Lipinski definition) is 7. The number of nitrogens with zero attached hydrogens (tertiary/aromatic N) is 2. The number of aromatic nitrogens is 1. The zero-order valence-electron chi connectivity index (χ0n) is 25.5. The molecule has 1 aliphatic heterocycles. The van der Waals surface area contributed by atoms with E-state index in [9.17, 15) is 24.9 Å². The first-order valence-corrected chi connectivity index (χ1v) is 16.9. The molecule has 8 nitrogen and oxygen atoms in total. The van der Waals surface area contributed by atoms with Gasteiger partial charge in [-0.15, -0.1) is 0 Å². The maximum atomic E-state index is 13.9. The lowest BCUT2D eigenvalue weighted by molar-refractivity contribution is -0.143. The number of imide groups is 1. The minimum atomic E-state index is -0.886. The molecule has 1 saturated carbocycles. The zero-order chi connectivity index (χ0) is 31.4. The number of rotatable bonds is 11. The lowest BCUT2D eigenvalue weighted by Gasteiger charge is -2.36. The number of amides is 2. The molecule has 44 heavy (non-hydrogen) atoms. The summed E-state index contributed by atoms with van der Waals surface area (Å²) in [5, 5.41) is 32.8. The molecule has 3 N–H and O–H groups in total. The molecule has 4 atom stereocenters. The molecular weight excluding hydrogens is 671 g/mol. The molecular formula is C35H43IN2O6. The molecule has 2 fully saturated rings. The largest absolute Gasteiger partial charge is 0.504 e. The molecule has 0 radical (unpaired) electrons. The molecule has 9 heteroatoms. The average Bonchev–Trinajstić information content (AvgIpc) is 3.29. The van der Waals surface area contributed by atoms with Gasteiger partial charge in [0, 0.05) is 18.2 Å². The van der Waals surface area contributed by atoms with Crippen molar-refractivity contribution in [3.63, 3.8) is 0 Å². The number of phenolic OH excluding ortho intramolecular Hbond substituents is 1. The van der Waals surface area contributed by atoms with E-state index in [4.69, 9.17) is 4.74 Å². The number of aliphatic hydroxyl groups is 2. The summed E-state index contributed by atoms with van der Waals surface area (Å²) >= 11 is 2.07. The second kappa shape index (κ2) is 14.6. The van der Waals surface area contributed by atoms with Gasteiger partial charge >= 0.3 is 0 Å². The van der Waals surface area contributed by atoms with Gasteiger partial charge in [0.2, 0.25) is 11.8 Å². The van der Waals surface area contributed by atoms with Crippen molar-refractivity contribution in [3.8, 4) is 11.5 Å². The summed E-state index contributed by atoms with van der Waals surface area (Å²) in [5.74, 6) is -1.47. The smallest absolute Gasteiger partial charge is 0.234 e. The topological polar surface area (TPSA) is 120 Å². The molecule has 236 valence electrons. The summed E-state index contributed by atoms with van der Waals surface area (Å²) in [6.45, 7) is 1.79. The number of methoxy groups -OCH3 is 1. The van der Waals surface area contributed by atoms with E-state index in [1.54, 1.807) is 12.3 Å². The minimum Gasteiger partial charge on any atom is -0.504 e. The van der Waals surface area contributed by atoms with Crippen LogP contribution in [0.2, 0.25) is 0 Å².